The zero-order valence-electron chi connectivity index (χ0n) is 25.0. The average molecular weight is 618 g/mol. The number of ether oxygens (including phenoxy) is 1. The Morgan fingerprint density at radius 2 is 1.98 bits per heavy atom. The Morgan fingerprint density at radius 3 is 2.75 bits per heavy atom. The Balaban J connectivity index is 1.32. The Kier molecular flexibility index (Phi) is 9.14. The third-order valence-electron chi connectivity index (χ3n) is 8.85. The van der Waals surface area contributed by atoms with Crippen molar-refractivity contribution >= 4 is 39.8 Å². The minimum Gasteiger partial charge on any atom is -0.463 e. The Bertz CT molecular complexity index is 1590. The molecule has 2 aromatic carbocycles. The number of piperazine rings is 1. The van der Waals surface area contributed by atoms with Gasteiger partial charge in [-0.25, -0.2) is 11.0 Å². The molecule has 2 atom stereocenters. The molecular formula is C33H37ClFN7O2. The lowest BCUT2D eigenvalue weighted by Crippen LogP contribution is -2.56. The van der Waals surface area contributed by atoms with Gasteiger partial charge >= 0.3 is 6.01 Å². The number of halogens is 2. The van der Waals surface area contributed by atoms with Crippen LogP contribution in [0.4, 0.5) is 15.9 Å². The Labute approximate surface area is 262 Å². The van der Waals surface area contributed by atoms with Crippen molar-refractivity contribution in [1.29, 1.82) is 0 Å². The number of anilines is 2. The first-order valence-electron chi connectivity index (χ1n) is 15.2. The van der Waals surface area contributed by atoms with Crippen LogP contribution in [0, 0.1) is 12.5 Å². The number of amides is 1. The van der Waals surface area contributed by atoms with Crippen molar-refractivity contribution in [2.45, 2.75) is 25.4 Å². The second-order valence-electron chi connectivity index (χ2n) is 11.8. The van der Waals surface area contributed by atoms with Crippen LogP contribution in [-0.2, 0) is 17.8 Å². The molecule has 6 rings (SSSR count). The van der Waals surface area contributed by atoms with Crippen molar-refractivity contribution in [1.82, 2.24) is 19.8 Å². The van der Waals surface area contributed by atoms with Gasteiger partial charge in [0.1, 0.15) is 18.5 Å². The topological polar surface area (TPSA) is 69.4 Å². The SMILES string of the molecule is [C-]#[N+]C[C@H]1CN(c2nc(OC[C@@H]3CCN(C)C3)nc3c2CCN(c2cccc4cccc(Cl)c24)C3)CCN1C(=O)/C=C/CF. The van der Waals surface area contributed by atoms with E-state index in [-0.39, 0.29) is 18.5 Å². The number of aromatic nitrogens is 2. The van der Waals surface area contributed by atoms with E-state index in [1.165, 1.54) is 12.2 Å². The highest BCUT2D eigenvalue weighted by Crippen LogP contribution is 2.37. The van der Waals surface area contributed by atoms with Gasteiger partial charge in [0.05, 0.1) is 23.9 Å². The summed E-state index contributed by atoms with van der Waals surface area (Å²) in [4.78, 5) is 34.8. The van der Waals surface area contributed by atoms with Gasteiger partial charge < -0.3 is 29.2 Å². The summed E-state index contributed by atoms with van der Waals surface area (Å²) in [6.07, 6.45) is 4.28. The molecule has 1 amide bonds. The molecule has 3 aromatic rings. The van der Waals surface area contributed by atoms with Crippen LogP contribution in [0.5, 0.6) is 6.01 Å². The highest BCUT2D eigenvalue weighted by Gasteiger charge is 2.35. The van der Waals surface area contributed by atoms with Crippen LogP contribution in [0.3, 0.4) is 0 Å². The average Bonchev–Trinajstić information content (AvgIpc) is 3.46. The number of carbonyl (C=O) groups excluding carboxylic acids is 1. The number of benzene rings is 2. The van der Waals surface area contributed by atoms with Crippen molar-refractivity contribution < 1.29 is 13.9 Å². The van der Waals surface area contributed by atoms with E-state index in [0.717, 1.165) is 71.0 Å². The Hall–Kier alpha value is -3.94. The number of allylic oxidation sites excluding steroid dienone is 1. The quantitative estimate of drug-likeness (QED) is 0.270. The summed E-state index contributed by atoms with van der Waals surface area (Å²) in [5.41, 5.74) is 3.05. The van der Waals surface area contributed by atoms with E-state index < -0.39 is 6.67 Å². The van der Waals surface area contributed by atoms with Crippen LogP contribution in [0.1, 0.15) is 17.7 Å². The number of alkyl halides is 1. The van der Waals surface area contributed by atoms with E-state index in [2.05, 4.69) is 50.9 Å². The number of likely N-dealkylation sites (tertiary alicyclic amines) is 1. The summed E-state index contributed by atoms with van der Waals surface area (Å²) in [5, 5.41) is 2.84. The van der Waals surface area contributed by atoms with E-state index >= 15 is 0 Å². The van der Waals surface area contributed by atoms with E-state index in [9.17, 15) is 9.18 Å². The highest BCUT2D eigenvalue weighted by molar-refractivity contribution is 6.36. The van der Waals surface area contributed by atoms with Crippen LogP contribution >= 0.6 is 11.6 Å². The van der Waals surface area contributed by atoms with Crippen LogP contribution in [0.15, 0.2) is 48.6 Å². The fourth-order valence-corrected chi connectivity index (χ4v) is 6.93. The zero-order chi connectivity index (χ0) is 30.6. The fourth-order valence-electron chi connectivity index (χ4n) is 6.66. The molecule has 11 heteroatoms. The van der Waals surface area contributed by atoms with Crippen LogP contribution < -0.4 is 14.5 Å². The molecular weight excluding hydrogens is 581 g/mol. The van der Waals surface area contributed by atoms with Gasteiger partial charge in [-0.1, -0.05) is 35.9 Å². The van der Waals surface area contributed by atoms with Gasteiger partial charge in [0.2, 0.25) is 12.5 Å². The van der Waals surface area contributed by atoms with E-state index in [4.69, 9.17) is 32.9 Å². The van der Waals surface area contributed by atoms with Gasteiger partial charge in [-0.05, 0) is 50.0 Å². The van der Waals surface area contributed by atoms with Gasteiger partial charge in [-0.2, -0.15) is 9.97 Å². The van der Waals surface area contributed by atoms with E-state index in [0.29, 0.717) is 44.7 Å². The van der Waals surface area contributed by atoms with Gasteiger partial charge in [0, 0.05) is 61.4 Å². The number of hydrogen-bond acceptors (Lipinski definition) is 7. The maximum Gasteiger partial charge on any atom is 0.318 e. The molecule has 0 saturated carbocycles. The van der Waals surface area contributed by atoms with Crippen molar-refractivity contribution in [2.75, 3.05) is 75.9 Å². The molecule has 2 fully saturated rings. The minimum absolute atomic E-state index is 0.160. The summed E-state index contributed by atoms with van der Waals surface area (Å²) in [6.45, 7) is 12.3. The molecule has 44 heavy (non-hydrogen) atoms. The van der Waals surface area contributed by atoms with Crippen molar-refractivity contribution in [2.24, 2.45) is 5.92 Å². The fraction of sp³-hybridized carbons (Fsp3) is 0.455. The standard InChI is InChI=1S/C33H37ClFN7O2/c1-36-18-25-20-41(16-17-42(25)30(43)10-5-13-35)32-26-12-15-40(29-9-4-7-24-6-3-8-27(34)31(24)29)21-28(26)37-33(38-32)44-22-23-11-14-39(2)19-23/h3-10,23,25H,11-22H2,2H3/b10-5+/t23-,25+/m1/s1. The molecule has 0 N–H and O–H groups in total. The van der Waals surface area contributed by atoms with Crippen LogP contribution in [0.2, 0.25) is 5.02 Å². The molecule has 0 bridgehead atoms. The summed E-state index contributed by atoms with van der Waals surface area (Å²) >= 11 is 6.69. The molecule has 3 aliphatic rings. The van der Waals surface area contributed by atoms with E-state index in [1.807, 2.05) is 12.1 Å². The van der Waals surface area contributed by atoms with Crippen molar-refractivity contribution in [3.8, 4) is 6.01 Å². The van der Waals surface area contributed by atoms with Crippen molar-refractivity contribution in [3.63, 3.8) is 0 Å². The second kappa shape index (κ2) is 13.4. The molecule has 0 unspecified atom stereocenters. The molecule has 3 aliphatic heterocycles. The number of rotatable bonds is 8. The summed E-state index contributed by atoms with van der Waals surface area (Å²) in [6, 6.07) is 12.2. The molecule has 1 aromatic heterocycles. The molecule has 0 aliphatic carbocycles. The third kappa shape index (κ3) is 6.30. The first-order chi connectivity index (χ1) is 21.4. The molecule has 9 nitrogen and oxygen atoms in total. The van der Waals surface area contributed by atoms with Gasteiger partial charge in [-0.15, -0.1) is 0 Å². The molecule has 0 radical (unpaired) electrons. The largest absolute Gasteiger partial charge is 0.463 e. The summed E-state index contributed by atoms with van der Waals surface area (Å²) < 4.78 is 19.0. The smallest absolute Gasteiger partial charge is 0.318 e. The number of fused-ring (bicyclic) bond motifs is 2. The van der Waals surface area contributed by atoms with E-state index in [1.54, 1.807) is 4.90 Å². The van der Waals surface area contributed by atoms with Gasteiger partial charge in [-0.3, -0.25) is 4.79 Å². The molecule has 2 saturated heterocycles. The lowest BCUT2D eigenvalue weighted by atomic mass is 10.0. The second-order valence-corrected chi connectivity index (χ2v) is 12.2. The zero-order valence-corrected chi connectivity index (χ0v) is 25.7. The first-order valence-corrected chi connectivity index (χ1v) is 15.6. The van der Waals surface area contributed by atoms with Crippen LogP contribution in [-0.4, -0.2) is 97.9 Å². The maximum absolute atomic E-state index is 12.8. The number of carbonyl (C=O) groups is 1. The molecule has 230 valence electrons. The normalized spacial score (nSPS) is 20.7. The summed E-state index contributed by atoms with van der Waals surface area (Å²) in [7, 11) is 2.12. The minimum atomic E-state index is -0.700. The highest BCUT2D eigenvalue weighted by atomic mass is 35.5. The lowest BCUT2D eigenvalue weighted by molar-refractivity contribution is -0.128. The van der Waals surface area contributed by atoms with Crippen molar-refractivity contribution in [3.05, 3.63) is 76.2 Å². The predicted molar refractivity (Wildman–Crippen MR) is 171 cm³/mol. The van der Waals surface area contributed by atoms with Gasteiger partial charge in [0.15, 0.2) is 0 Å². The number of nitrogens with zero attached hydrogens (tertiary/aromatic N) is 7. The maximum atomic E-state index is 12.8. The monoisotopic (exact) mass is 617 g/mol. The Morgan fingerprint density at radius 1 is 1.14 bits per heavy atom. The molecule has 4 heterocycles. The lowest BCUT2D eigenvalue weighted by Gasteiger charge is -2.41. The molecule has 0 spiro atoms. The summed E-state index contributed by atoms with van der Waals surface area (Å²) in [5.74, 6) is 0.966. The predicted octanol–water partition coefficient (Wildman–Crippen LogP) is 4.64. The van der Waals surface area contributed by atoms with Crippen LogP contribution in [0.25, 0.3) is 15.6 Å². The first kappa shape index (κ1) is 30.1. The van der Waals surface area contributed by atoms with Gasteiger partial charge in [0.25, 0.3) is 0 Å². The third-order valence-corrected chi connectivity index (χ3v) is 9.16. The number of hydrogen-bond donors (Lipinski definition) is 0.